The predicted molar refractivity (Wildman–Crippen MR) is 68.9 cm³/mol. The number of rotatable bonds is 0. The zero-order chi connectivity index (χ0) is 14.0. The molecule has 0 aromatic rings. The van der Waals surface area contributed by atoms with Crippen molar-refractivity contribution in [2.75, 3.05) is 0 Å². The third kappa shape index (κ3) is 1.33. The normalized spacial score (nSPS) is 49.3. The molecule has 3 aliphatic rings. The van der Waals surface area contributed by atoms with Crippen LogP contribution in [0.25, 0.3) is 0 Å². The van der Waals surface area contributed by atoms with Gasteiger partial charge in [-0.15, -0.1) is 0 Å². The average Bonchev–Trinajstić information content (AvgIpc) is 2.58. The van der Waals surface area contributed by atoms with E-state index in [1.807, 2.05) is 6.92 Å². The summed E-state index contributed by atoms with van der Waals surface area (Å²) in [6.07, 6.45) is 2.58. The predicted octanol–water partition coefficient (Wildman–Crippen LogP) is 1.53. The Morgan fingerprint density at radius 3 is 2.89 bits per heavy atom. The van der Waals surface area contributed by atoms with Crippen LogP contribution in [-0.4, -0.2) is 28.1 Å². The fourth-order valence-electron chi connectivity index (χ4n) is 4.10. The van der Waals surface area contributed by atoms with E-state index in [-0.39, 0.29) is 11.5 Å². The molecule has 19 heavy (non-hydrogen) atoms. The molecule has 5 atom stereocenters. The fraction of sp³-hybridized carbons (Fsp3) is 0.667. The summed E-state index contributed by atoms with van der Waals surface area (Å²) in [5, 5.41) is 21.0. The Kier molecular flexibility index (Phi) is 2.51. The van der Waals surface area contributed by atoms with Crippen LogP contribution >= 0.6 is 0 Å². The molecule has 2 N–H and O–H groups in total. The number of carbonyl (C=O) groups is 1. The molecule has 2 fully saturated rings. The van der Waals surface area contributed by atoms with Crippen molar-refractivity contribution < 1.29 is 19.7 Å². The second kappa shape index (κ2) is 3.70. The summed E-state index contributed by atoms with van der Waals surface area (Å²) in [7, 11) is 0. The van der Waals surface area contributed by atoms with E-state index in [1.54, 1.807) is 6.08 Å². The molecule has 0 aromatic heterocycles. The van der Waals surface area contributed by atoms with E-state index in [2.05, 4.69) is 13.5 Å². The Balaban J connectivity index is 2.14. The minimum atomic E-state index is -1.60. The fourth-order valence-corrected chi connectivity index (χ4v) is 4.10. The number of esters is 1. The Hall–Kier alpha value is -1.13. The SMILES string of the molecule is C=C1[C@H]2CC=C3C(=O)O[C@@H](O)[C@]3(O)[C@@]2(C)CC[C@@H]1C. The molecule has 3 rings (SSSR count). The van der Waals surface area contributed by atoms with E-state index in [9.17, 15) is 15.0 Å². The first-order valence-corrected chi connectivity index (χ1v) is 6.83. The van der Waals surface area contributed by atoms with Crippen LogP contribution in [0.5, 0.6) is 0 Å². The molecule has 104 valence electrons. The zero-order valence-corrected chi connectivity index (χ0v) is 11.3. The van der Waals surface area contributed by atoms with E-state index >= 15 is 0 Å². The summed E-state index contributed by atoms with van der Waals surface area (Å²) in [6.45, 7) is 8.24. The van der Waals surface area contributed by atoms with Crippen LogP contribution in [0.15, 0.2) is 23.8 Å². The quantitative estimate of drug-likeness (QED) is 0.514. The third-order valence-electron chi connectivity index (χ3n) is 5.58. The number of aliphatic hydroxyl groups is 2. The van der Waals surface area contributed by atoms with E-state index in [4.69, 9.17) is 4.74 Å². The lowest BCUT2D eigenvalue weighted by molar-refractivity contribution is -0.214. The van der Waals surface area contributed by atoms with Gasteiger partial charge in [-0.3, -0.25) is 0 Å². The van der Waals surface area contributed by atoms with Crippen molar-refractivity contribution in [3.8, 4) is 0 Å². The summed E-state index contributed by atoms with van der Waals surface area (Å²) in [5.74, 6) is -0.111. The smallest absolute Gasteiger partial charge is 0.339 e. The second-order valence-electron chi connectivity index (χ2n) is 6.36. The molecule has 1 saturated carbocycles. The van der Waals surface area contributed by atoms with E-state index in [0.29, 0.717) is 12.3 Å². The summed E-state index contributed by atoms with van der Waals surface area (Å²) >= 11 is 0. The van der Waals surface area contributed by atoms with Gasteiger partial charge in [0.1, 0.15) is 0 Å². The van der Waals surface area contributed by atoms with Gasteiger partial charge < -0.3 is 14.9 Å². The first-order chi connectivity index (χ1) is 8.82. The topological polar surface area (TPSA) is 66.8 Å². The maximum atomic E-state index is 11.8. The monoisotopic (exact) mass is 264 g/mol. The minimum Gasteiger partial charge on any atom is -0.429 e. The molecular formula is C15H20O4. The Morgan fingerprint density at radius 1 is 1.53 bits per heavy atom. The van der Waals surface area contributed by atoms with Gasteiger partial charge in [0.15, 0.2) is 5.60 Å². The Labute approximate surface area is 112 Å². The molecular weight excluding hydrogens is 244 g/mol. The van der Waals surface area contributed by atoms with Gasteiger partial charge in [-0.05, 0) is 31.1 Å². The number of cyclic esters (lactones) is 1. The van der Waals surface area contributed by atoms with Gasteiger partial charge in [-0.2, -0.15) is 0 Å². The Morgan fingerprint density at radius 2 is 2.21 bits per heavy atom. The van der Waals surface area contributed by atoms with Crippen molar-refractivity contribution in [2.24, 2.45) is 17.3 Å². The van der Waals surface area contributed by atoms with Crippen LogP contribution in [0.2, 0.25) is 0 Å². The van der Waals surface area contributed by atoms with Gasteiger partial charge in [0.25, 0.3) is 0 Å². The molecule has 2 aliphatic carbocycles. The van der Waals surface area contributed by atoms with Crippen molar-refractivity contribution in [3.63, 3.8) is 0 Å². The maximum absolute atomic E-state index is 11.8. The van der Waals surface area contributed by atoms with Gasteiger partial charge >= 0.3 is 5.97 Å². The first kappa shape index (κ1) is 12.9. The van der Waals surface area contributed by atoms with Crippen LogP contribution in [0.4, 0.5) is 0 Å². The minimum absolute atomic E-state index is 0.0779. The molecule has 4 nitrogen and oxygen atoms in total. The number of ether oxygens (including phenoxy) is 1. The highest BCUT2D eigenvalue weighted by molar-refractivity contribution is 5.94. The van der Waals surface area contributed by atoms with Gasteiger partial charge in [0, 0.05) is 5.41 Å². The van der Waals surface area contributed by atoms with E-state index in [1.165, 1.54) is 0 Å². The maximum Gasteiger partial charge on any atom is 0.339 e. The largest absolute Gasteiger partial charge is 0.429 e. The van der Waals surface area contributed by atoms with Crippen LogP contribution in [0.1, 0.15) is 33.1 Å². The van der Waals surface area contributed by atoms with Crippen molar-refractivity contribution in [1.29, 1.82) is 0 Å². The number of carbonyl (C=O) groups excluding carboxylic acids is 1. The summed E-state index contributed by atoms with van der Waals surface area (Å²) < 4.78 is 4.86. The highest BCUT2D eigenvalue weighted by Crippen LogP contribution is 2.60. The van der Waals surface area contributed by atoms with Crippen LogP contribution < -0.4 is 0 Å². The number of aliphatic hydroxyl groups excluding tert-OH is 1. The van der Waals surface area contributed by atoms with Crippen LogP contribution in [-0.2, 0) is 9.53 Å². The highest BCUT2D eigenvalue weighted by atomic mass is 16.7. The van der Waals surface area contributed by atoms with Gasteiger partial charge in [0.2, 0.25) is 6.29 Å². The van der Waals surface area contributed by atoms with E-state index < -0.39 is 23.3 Å². The van der Waals surface area contributed by atoms with Crippen molar-refractivity contribution in [2.45, 2.75) is 45.0 Å². The van der Waals surface area contributed by atoms with Crippen molar-refractivity contribution >= 4 is 5.97 Å². The van der Waals surface area contributed by atoms with E-state index in [0.717, 1.165) is 18.4 Å². The van der Waals surface area contributed by atoms with Crippen molar-refractivity contribution in [1.82, 2.24) is 0 Å². The van der Waals surface area contributed by atoms with Gasteiger partial charge in [0.05, 0.1) is 5.57 Å². The summed E-state index contributed by atoms with van der Waals surface area (Å²) in [5.41, 5.74) is -0.868. The van der Waals surface area contributed by atoms with Crippen LogP contribution in [0.3, 0.4) is 0 Å². The number of fused-ring (bicyclic) bond motifs is 3. The average molecular weight is 264 g/mol. The highest BCUT2D eigenvalue weighted by Gasteiger charge is 2.67. The molecule has 0 bridgehead atoms. The molecule has 0 spiro atoms. The zero-order valence-electron chi connectivity index (χ0n) is 11.3. The number of allylic oxidation sites excluding steroid dienone is 2. The van der Waals surface area contributed by atoms with Gasteiger partial charge in [-0.25, -0.2) is 4.79 Å². The lowest BCUT2D eigenvalue weighted by atomic mass is 9.51. The molecule has 0 radical (unpaired) electrons. The summed E-state index contributed by atoms with van der Waals surface area (Å²) in [6, 6.07) is 0. The lowest BCUT2D eigenvalue weighted by Gasteiger charge is -2.54. The molecule has 0 unspecified atom stereocenters. The van der Waals surface area contributed by atoms with Gasteiger partial charge in [-0.1, -0.05) is 32.1 Å². The standard InChI is InChI=1S/C15H20O4/c1-8-6-7-14(3)10(9(8)2)4-5-11-12(16)19-13(17)15(11,14)18/h5,8,10,13,17-18H,2,4,6-7H2,1,3H3/t8-,10+,13+,14-,15-/m0/s1. The molecule has 1 saturated heterocycles. The second-order valence-corrected chi connectivity index (χ2v) is 6.36. The molecule has 4 heteroatoms. The third-order valence-corrected chi connectivity index (χ3v) is 5.58. The first-order valence-electron chi connectivity index (χ1n) is 6.83. The Bertz CT molecular complexity index is 494. The molecule has 1 aliphatic heterocycles. The number of hydrogen-bond donors (Lipinski definition) is 2. The number of hydrogen-bond acceptors (Lipinski definition) is 4. The van der Waals surface area contributed by atoms with Crippen LogP contribution in [0, 0.1) is 17.3 Å². The van der Waals surface area contributed by atoms with Crippen molar-refractivity contribution in [3.05, 3.63) is 23.8 Å². The molecule has 1 heterocycles. The molecule has 0 amide bonds. The lowest BCUT2D eigenvalue weighted by Crippen LogP contribution is -2.60. The summed E-state index contributed by atoms with van der Waals surface area (Å²) in [4.78, 5) is 11.8. The molecule has 0 aromatic carbocycles.